The van der Waals surface area contributed by atoms with Gasteiger partial charge in [0.05, 0.1) is 23.5 Å². The van der Waals surface area contributed by atoms with Gasteiger partial charge in [0.2, 0.25) is 0 Å². The first-order valence-electron chi connectivity index (χ1n) is 5.28. The summed E-state index contributed by atoms with van der Waals surface area (Å²) in [5, 5.41) is 17.4. The third-order valence-corrected chi connectivity index (χ3v) is 2.14. The van der Waals surface area contributed by atoms with Gasteiger partial charge < -0.3 is 9.31 Å². The van der Waals surface area contributed by atoms with E-state index >= 15 is 0 Å². The van der Waals surface area contributed by atoms with Gasteiger partial charge in [0, 0.05) is 12.4 Å². The van der Waals surface area contributed by atoms with Crippen LogP contribution >= 0.6 is 0 Å². The van der Waals surface area contributed by atoms with E-state index in [4.69, 9.17) is 19.8 Å². The van der Waals surface area contributed by atoms with Crippen molar-refractivity contribution in [3.8, 4) is 23.6 Å². The molecule has 0 saturated heterocycles. The molecule has 0 fully saturated rings. The molecule has 0 radical (unpaired) electrons. The Hall–Kier alpha value is -3.06. The molecule has 2 aromatic rings. The Bertz CT molecular complexity index is 606. The molecule has 6 nitrogen and oxygen atoms in total. The Morgan fingerprint density at radius 2 is 1.32 bits per heavy atom. The SMILES string of the molecule is N#Cc1cncc(OBOc2cncc(C#N)c2)c1. The summed E-state index contributed by atoms with van der Waals surface area (Å²) in [5.74, 6) is 0.867. The summed E-state index contributed by atoms with van der Waals surface area (Å²) >= 11 is 0. The fourth-order valence-corrected chi connectivity index (χ4v) is 1.28. The van der Waals surface area contributed by atoms with E-state index in [1.165, 1.54) is 24.8 Å². The van der Waals surface area contributed by atoms with Gasteiger partial charge in [0.25, 0.3) is 0 Å². The summed E-state index contributed by atoms with van der Waals surface area (Å²) in [6, 6.07) is 7.03. The lowest BCUT2D eigenvalue weighted by Gasteiger charge is -2.06. The van der Waals surface area contributed by atoms with Crippen LogP contribution in [0.1, 0.15) is 11.1 Å². The minimum Gasteiger partial charge on any atom is -0.527 e. The molecule has 2 heterocycles. The summed E-state index contributed by atoms with van der Waals surface area (Å²) in [7, 11) is -0.0624. The highest BCUT2D eigenvalue weighted by molar-refractivity contribution is 6.20. The van der Waals surface area contributed by atoms with Crippen molar-refractivity contribution in [2.45, 2.75) is 0 Å². The van der Waals surface area contributed by atoms with Gasteiger partial charge in [-0.25, -0.2) is 0 Å². The molecule has 2 aromatic heterocycles. The van der Waals surface area contributed by atoms with Gasteiger partial charge >= 0.3 is 7.69 Å². The van der Waals surface area contributed by atoms with Crippen molar-refractivity contribution in [2.24, 2.45) is 0 Å². The Balaban J connectivity index is 1.93. The van der Waals surface area contributed by atoms with E-state index in [2.05, 4.69) is 9.97 Å². The van der Waals surface area contributed by atoms with Gasteiger partial charge in [0.1, 0.15) is 23.6 Å². The highest BCUT2D eigenvalue weighted by Crippen LogP contribution is 2.12. The van der Waals surface area contributed by atoms with E-state index in [1.807, 2.05) is 12.1 Å². The Morgan fingerprint density at radius 3 is 1.74 bits per heavy atom. The van der Waals surface area contributed by atoms with Crippen LogP contribution in [0.4, 0.5) is 0 Å². The number of rotatable bonds is 4. The van der Waals surface area contributed by atoms with E-state index in [9.17, 15) is 0 Å². The normalized spacial score (nSPS) is 8.95. The summed E-state index contributed by atoms with van der Waals surface area (Å²) in [5.41, 5.74) is 0.816. The first kappa shape index (κ1) is 12.4. The average Bonchev–Trinajstić information content (AvgIpc) is 2.48. The maximum Gasteiger partial charge on any atom is 0.576 e. The van der Waals surface area contributed by atoms with Gasteiger partial charge in [-0.05, 0) is 12.1 Å². The number of hydrogen-bond acceptors (Lipinski definition) is 6. The molecule has 0 N–H and O–H groups in total. The molecule has 0 aliphatic rings. The minimum absolute atomic E-state index is 0.0624. The van der Waals surface area contributed by atoms with Gasteiger partial charge in [-0.1, -0.05) is 0 Å². The maximum atomic E-state index is 8.71. The molecule has 0 aliphatic heterocycles. The molecule has 90 valence electrons. The molecule has 0 saturated carbocycles. The van der Waals surface area contributed by atoms with Crippen LogP contribution in [0, 0.1) is 22.7 Å². The summed E-state index contributed by atoms with van der Waals surface area (Å²) < 4.78 is 10.6. The van der Waals surface area contributed by atoms with E-state index in [-0.39, 0.29) is 7.69 Å². The topological polar surface area (TPSA) is 91.8 Å². The monoisotopic (exact) mass is 250 g/mol. The summed E-state index contributed by atoms with van der Waals surface area (Å²) in [6.45, 7) is 0. The summed E-state index contributed by atoms with van der Waals surface area (Å²) in [6.07, 6.45) is 5.84. The fourth-order valence-electron chi connectivity index (χ4n) is 1.28. The van der Waals surface area contributed by atoms with Crippen molar-refractivity contribution >= 4 is 7.69 Å². The minimum atomic E-state index is -0.0624. The number of pyridine rings is 2. The van der Waals surface area contributed by atoms with Crippen LogP contribution in [0.3, 0.4) is 0 Å². The van der Waals surface area contributed by atoms with Crippen molar-refractivity contribution in [3.63, 3.8) is 0 Å². The Kier molecular flexibility index (Phi) is 3.94. The van der Waals surface area contributed by atoms with Gasteiger partial charge in [0.15, 0.2) is 0 Å². The standard InChI is InChI=1S/C12H7BN4O2/c14-3-9-1-11(7-16-5-9)18-13-19-12-2-10(4-15)6-17-8-12/h1-2,5-8,13H. The Morgan fingerprint density at radius 1 is 0.842 bits per heavy atom. The molecular weight excluding hydrogens is 243 g/mol. The number of hydrogen-bond donors (Lipinski definition) is 0. The second kappa shape index (κ2) is 6.03. The molecule has 7 heteroatoms. The van der Waals surface area contributed by atoms with Gasteiger partial charge in [-0.2, -0.15) is 10.5 Å². The lowest BCUT2D eigenvalue weighted by Crippen LogP contribution is -2.11. The first-order chi connectivity index (χ1) is 9.31. The van der Waals surface area contributed by atoms with Crippen LogP contribution in [0.15, 0.2) is 36.9 Å². The number of aromatic nitrogens is 2. The first-order valence-corrected chi connectivity index (χ1v) is 5.28. The molecule has 19 heavy (non-hydrogen) atoms. The molecule has 0 aromatic carbocycles. The van der Waals surface area contributed by atoms with Crippen LogP contribution in [-0.4, -0.2) is 17.7 Å². The molecule has 0 atom stereocenters. The molecule has 0 unspecified atom stereocenters. The van der Waals surface area contributed by atoms with Crippen LogP contribution in [0.25, 0.3) is 0 Å². The molecule has 2 rings (SSSR count). The van der Waals surface area contributed by atoms with Gasteiger partial charge in [-0.15, -0.1) is 0 Å². The number of nitriles is 2. The third-order valence-electron chi connectivity index (χ3n) is 2.14. The van der Waals surface area contributed by atoms with E-state index in [1.54, 1.807) is 12.1 Å². The smallest absolute Gasteiger partial charge is 0.527 e. The molecule has 0 spiro atoms. The van der Waals surface area contributed by atoms with E-state index < -0.39 is 0 Å². The highest BCUT2D eigenvalue weighted by atomic mass is 16.6. The predicted octanol–water partition coefficient (Wildman–Crippen LogP) is 0.944. The zero-order valence-electron chi connectivity index (χ0n) is 9.78. The summed E-state index contributed by atoms with van der Waals surface area (Å²) in [4.78, 5) is 7.70. The quantitative estimate of drug-likeness (QED) is 0.750. The second-order valence-corrected chi connectivity index (χ2v) is 3.45. The zero-order valence-corrected chi connectivity index (χ0v) is 9.78. The lowest BCUT2D eigenvalue weighted by atomic mass is 10.2. The third kappa shape index (κ3) is 3.45. The van der Waals surface area contributed by atoms with Crippen molar-refractivity contribution in [3.05, 3.63) is 48.0 Å². The highest BCUT2D eigenvalue weighted by Gasteiger charge is 2.02. The predicted molar refractivity (Wildman–Crippen MR) is 66.3 cm³/mol. The molecule has 0 bridgehead atoms. The van der Waals surface area contributed by atoms with Crippen LogP contribution in [0.2, 0.25) is 0 Å². The lowest BCUT2D eigenvalue weighted by molar-refractivity contribution is 0.456. The van der Waals surface area contributed by atoms with Crippen molar-refractivity contribution in [2.75, 3.05) is 0 Å². The average molecular weight is 250 g/mol. The van der Waals surface area contributed by atoms with Crippen LogP contribution in [-0.2, 0) is 0 Å². The number of nitrogens with zero attached hydrogens (tertiary/aromatic N) is 4. The largest absolute Gasteiger partial charge is 0.576 e. The fraction of sp³-hybridized carbons (Fsp3) is 0. The van der Waals surface area contributed by atoms with Crippen molar-refractivity contribution < 1.29 is 9.31 Å². The Labute approximate surface area is 110 Å². The molecule has 0 aliphatic carbocycles. The van der Waals surface area contributed by atoms with E-state index in [0.29, 0.717) is 22.6 Å². The molecular formula is C12H7BN4O2. The van der Waals surface area contributed by atoms with Gasteiger partial charge in [-0.3, -0.25) is 9.97 Å². The van der Waals surface area contributed by atoms with Crippen LogP contribution < -0.4 is 9.31 Å². The zero-order chi connectivity index (χ0) is 13.5. The second-order valence-electron chi connectivity index (χ2n) is 3.45. The van der Waals surface area contributed by atoms with Crippen molar-refractivity contribution in [1.82, 2.24) is 9.97 Å². The molecule has 0 amide bonds. The van der Waals surface area contributed by atoms with Crippen LogP contribution in [0.5, 0.6) is 11.5 Å². The van der Waals surface area contributed by atoms with E-state index in [0.717, 1.165) is 0 Å². The maximum absolute atomic E-state index is 8.71. The van der Waals surface area contributed by atoms with Crippen molar-refractivity contribution in [1.29, 1.82) is 10.5 Å².